The summed E-state index contributed by atoms with van der Waals surface area (Å²) in [6.07, 6.45) is -0.0873. The number of aliphatic carboxylic acids is 1. The minimum absolute atomic E-state index is 0.0444. The van der Waals surface area contributed by atoms with E-state index in [1.54, 1.807) is 50.2 Å². The number of nitro groups is 1. The molecule has 4 heterocycles. The molecule has 0 spiro atoms. The Bertz CT molecular complexity index is 1570. The molecule has 4 N–H and O–H groups in total. The number of rotatable bonds is 7. The quantitative estimate of drug-likeness (QED) is 0.204. The van der Waals surface area contributed by atoms with E-state index < -0.39 is 57.0 Å². The third-order valence-corrected chi connectivity index (χ3v) is 9.62. The smallest absolute Gasteiger partial charge is 0.342 e. The van der Waals surface area contributed by atoms with E-state index in [-0.39, 0.29) is 30.7 Å². The zero-order chi connectivity index (χ0) is 30.8. The number of fused-ring (bicyclic) bond motifs is 2. The number of amides is 6. The number of non-ortho nitro benzene ring substituents is 1. The Morgan fingerprint density at radius 2 is 1.88 bits per heavy atom. The van der Waals surface area contributed by atoms with E-state index in [9.17, 15) is 39.2 Å². The highest BCUT2D eigenvalue weighted by molar-refractivity contribution is 8.01. The number of urea groups is 2. The first-order valence-corrected chi connectivity index (χ1v) is 14.3. The lowest BCUT2D eigenvalue weighted by Gasteiger charge is -2.43. The SMILES string of the molecule is CC1(C)S[C@@H]2[C@H](NC(=O)Cc3cccc(NC(=O)N4CC5C(c6ccc([N+](=O)[O-])cc6)NN5C4=O)c3)C(=O)N2[C@H]1C(=O)O. The molecule has 2 unspecified atom stereocenters. The Morgan fingerprint density at radius 3 is 2.56 bits per heavy atom. The number of carboxylic acid groups (broad SMARTS) is 1. The van der Waals surface area contributed by atoms with Crippen LogP contribution in [0.15, 0.2) is 48.5 Å². The molecular weight excluding hydrogens is 582 g/mol. The minimum Gasteiger partial charge on any atom is -0.480 e. The number of carboxylic acids is 1. The molecule has 6 rings (SSSR count). The van der Waals surface area contributed by atoms with Crippen molar-refractivity contribution < 1.29 is 34.0 Å². The van der Waals surface area contributed by atoms with Crippen LogP contribution < -0.4 is 16.1 Å². The second-order valence-corrected chi connectivity index (χ2v) is 13.0. The van der Waals surface area contributed by atoms with E-state index in [1.807, 2.05) is 0 Å². The van der Waals surface area contributed by atoms with Crippen LogP contribution in [0.5, 0.6) is 0 Å². The fraction of sp³-hybridized carbons (Fsp3) is 0.370. The molecule has 4 saturated heterocycles. The van der Waals surface area contributed by atoms with Gasteiger partial charge in [0.15, 0.2) is 0 Å². The molecule has 0 bridgehead atoms. The van der Waals surface area contributed by atoms with Gasteiger partial charge in [-0.25, -0.2) is 24.7 Å². The van der Waals surface area contributed by atoms with Crippen LogP contribution in [0.25, 0.3) is 0 Å². The normalized spacial score (nSPS) is 26.7. The largest absolute Gasteiger partial charge is 0.480 e. The molecule has 0 radical (unpaired) electrons. The van der Waals surface area contributed by atoms with Gasteiger partial charge in [-0.05, 0) is 37.1 Å². The van der Waals surface area contributed by atoms with Gasteiger partial charge in [0.25, 0.3) is 5.69 Å². The number of anilines is 1. The first-order chi connectivity index (χ1) is 20.4. The number of thioether (sulfide) groups is 1. The summed E-state index contributed by atoms with van der Waals surface area (Å²) in [6.45, 7) is 3.62. The van der Waals surface area contributed by atoms with Gasteiger partial charge in [0.2, 0.25) is 11.8 Å². The molecule has 4 aliphatic heterocycles. The Kier molecular flexibility index (Phi) is 6.76. The number of imide groups is 1. The van der Waals surface area contributed by atoms with Gasteiger partial charge < -0.3 is 20.6 Å². The lowest BCUT2D eigenvalue weighted by molar-refractivity contribution is -0.384. The van der Waals surface area contributed by atoms with Gasteiger partial charge >= 0.3 is 18.0 Å². The molecule has 5 atom stereocenters. The maximum absolute atomic E-state index is 13.0. The average molecular weight is 610 g/mol. The summed E-state index contributed by atoms with van der Waals surface area (Å²) in [6, 6.07) is 8.92. The number of hydrogen-bond acceptors (Lipinski definition) is 9. The van der Waals surface area contributed by atoms with Crippen molar-refractivity contribution in [1.82, 2.24) is 25.6 Å². The highest BCUT2D eigenvalue weighted by Gasteiger charge is 2.64. The van der Waals surface area contributed by atoms with Gasteiger partial charge in [-0.1, -0.05) is 24.3 Å². The molecule has 2 aromatic carbocycles. The van der Waals surface area contributed by atoms with Crippen LogP contribution in [0, 0.1) is 10.1 Å². The zero-order valence-electron chi connectivity index (χ0n) is 22.9. The number of carbonyl (C=O) groups is 5. The number of benzene rings is 2. The van der Waals surface area contributed by atoms with Crippen LogP contribution in [0.2, 0.25) is 0 Å². The number of hydrazine groups is 1. The van der Waals surface area contributed by atoms with Crippen molar-refractivity contribution in [3.8, 4) is 0 Å². The van der Waals surface area contributed by atoms with E-state index in [4.69, 9.17) is 0 Å². The molecule has 6 amide bonds. The molecule has 4 fully saturated rings. The topological polar surface area (TPSA) is 195 Å². The molecule has 4 aliphatic rings. The van der Waals surface area contributed by atoms with Gasteiger partial charge in [-0.15, -0.1) is 11.8 Å². The second kappa shape index (κ2) is 10.2. The molecular formula is C27H27N7O8S. The highest BCUT2D eigenvalue weighted by atomic mass is 32.2. The third-order valence-electron chi connectivity index (χ3n) is 8.04. The third kappa shape index (κ3) is 4.81. The first kappa shape index (κ1) is 28.4. The molecule has 0 aromatic heterocycles. The maximum Gasteiger partial charge on any atom is 0.342 e. The Morgan fingerprint density at radius 1 is 1.16 bits per heavy atom. The summed E-state index contributed by atoms with van der Waals surface area (Å²) >= 11 is 1.34. The van der Waals surface area contributed by atoms with Crippen molar-refractivity contribution in [2.75, 3.05) is 11.9 Å². The number of nitrogens with zero attached hydrogens (tertiary/aromatic N) is 4. The lowest BCUT2D eigenvalue weighted by atomic mass is 9.96. The standard InChI is InChI=1S/C27H27N7O8S/c1-27(2)21(24(37)38)32-22(36)20(23(32)43-27)29-18(35)11-13-4-3-5-15(10-13)28-25(39)31-12-17-19(30-33(17)26(31)40)14-6-8-16(9-7-14)34(41)42/h3-10,17,19-21,23,30H,11-12H2,1-2H3,(H,28,39)(H,29,35)(H,37,38)/t17?,19?,20-,21+,23-/m1/s1. The lowest BCUT2D eigenvalue weighted by Crippen LogP contribution is -2.70. The fourth-order valence-corrected chi connectivity index (χ4v) is 7.58. The summed E-state index contributed by atoms with van der Waals surface area (Å²) in [7, 11) is 0. The zero-order valence-corrected chi connectivity index (χ0v) is 23.7. The second-order valence-electron chi connectivity index (χ2n) is 11.2. The van der Waals surface area contributed by atoms with Gasteiger partial charge in [0.05, 0.1) is 30.0 Å². The average Bonchev–Trinajstić information content (AvgIpc) is 3.34. The molecule has 2 aromatic rings. The Labute approximate surface area is 248 Å². The molecule has 0 aliphatic carbocycles. The van der Waals surface area contributed by atoms with Crippen molar-refractivity contribution in [3.05, 3.63) is 69.8 Å². The van der Waals surface area contributed by atoms with Gasteiger partial charge in [0.1, 0.15) is 17.5 Å². The monoisotopic (exact) mass is 609 g/mol. The van der Waals surface area contributed by atoms with Crippen LogP contribution in [-0.4, -0.2) is 89.5 Å². The van der Waals surface area contributed by atoms with Crippen LogP contribution in [0.1, 0.15) is 31.0 Å². The summed E-state index contributed by atoms with van der Waals surface area (Å²) in [5, 5.41) is 26.8. The van der Waals surface area contributed by atoms with Crippen LogP contribution in [0.3, 0.4) is 0 Å². The number of nitrogens with one attached hydrogen (secondary N) is 3. The molecule has 224 valence electrons. The van der Waals surface area contributed by atoms with E-state index >= 15 is 0 Å². The first-order valence-electron chi connectivity index (χ1n) is 13.4. The molecule has 43 heavy (non-hydrogen) atoms. The number of β-lactam (4-membered cyclic amide) rings is 1. The van der Waals surface area contributed by atoms with Crippen molar-refractivity contribution >= 4 is 53.0 Å². The van der Waals surface area contributed by atoms with Crippen LogP contribution in [0.4, 0.5) is 21.0 Å². The number of nitro benzene ring substituents is 1. The summed E-state index contributed by atoms with van der Waals surface area (Å²) in [5.41, 5.74) is 4.60. The van der Waals surface area contributed by atoms with Crippen molar-refractivity contribution in [2.24, 2.45) is 0 Å². The molecule has 15 nitrogen and oxygen atoms in total. The van der Waals surface area contributed by atoms with Gasteiger partial charge in [0, 0.05) is 22.6 Å². The number of carbonyl (C=O) groups excluding carboxylic acids is 4. The number of hydrogen-bond donors (Lipinski definition) is 4. The molecule has 0 saturated carbocycles. The van der Waals surface area contributed by atoms with E-state index in [0.717, 1.165) is 10.5 Å². The van der Waals surface area contributed by atoms with E-state index in [2.05, 4.69) is 16.1 Å². The predicted molar refractivity (Wildman–Crippen MR) is 152 cm³/mol. The van der Waals surface area contributed by atoms with Crippen LogP contribution in [-0.2, 0) is 20.8 Å². The highest BCUT2D eigenvalue weighted by Crippen LogP contribution is 2.50. The molecule has 16 heteroatoms. The summed E-state index contributed by atoms with van der Waals surface area (Å²) < 4.78 is -0.701. The summed E-state index contributed by atoms with van der Waals surface area (Å²) in [4.78, 5) is 75.8. The fourth-order valence-electron chi connectivity index (χ4n) is 5.95. The van der Waals surface area contributed by atoms with Crippen molar-refractivity contribution in [1.29, 1.82) is 0 Å². The Balaban J connectivity index is 1.04. The predicted octanol–water partition coefficient (Wildman–Crippen LogP) is 1.67. The van der Waals surface area contributed by atoms with E-state index in [0.29, 0.717) is 11.3 Å². The van der Waals surface area contributed by atoms with Gasteiger partial charge in [-0.2, -0.15) is 0 Å². The minimum atomic E-state index is -1.09. The van der Waals surface area contributed by atoms with Crippen LogP contribution >= 0.6 is 11.8 Å². The van der Waals surface area contributed by atoms with Crippen molar-refractivity contribution in [2.45, 2.75) is 54.6 Å². The Hall–Kier alpha value is -4.70. The summed E-state index contributed by atoms with van der Waals surface area (Å²) in [5.74, 6) is -1.95. The van der Waals surface area contributed by atoms with Gasteiger partial charge in [-0.3, -0.25) is 24.7 Å². The van der Waals surface area contributed by atoms with E-state index in [1.165, 1.54) is 33.8 Å². The van der Waals surface area contributed by atoms with Crippen molar-refractivity contribution in [3.63, 3.8) is 0 Å². The maximum atomic E-state index is 13.0.